The number of aryl methyl sites for hydroxylation is 1. The number of halogens is 3. The summed E-state index contributed by atoms with van der Waals surface area (Å²) >= 11 is 0. The fourth-order valence-electron chi connectivity index (χ4n) is 5.21. The highest BCUT2D eigenvalue weighted by atomic mass is 19.3. The fourth-order valence-corrected chi connectivity index (χ4v) is 5.21. The van der Waals surface area contributed by atoms with Gasteiger partial charge in [-0.1, -0.05) is 12.1 Å². The summed E-state index contributed by atoms with van der Waals surface area (Å²) in [4.78, 5) is 24.8. The highest BCUT2D eigenvalue weighted by molar-refractivity contribution is 6.09. The summed E-state index contributed by atoms with van der Waals surface area (Å²) in [6.07, 6.45) is 0. The van der Waals surface area contributed by atoms with E-state index in [0.717, 1.165) is 13.0 Å². The van der Waals surface area contributed by atoms with Gasteiger partial charge in [-0.05, 0) is 60.0 Å². The van der Waals surface area contributed by atoms with Crippen LogP contribution in [0.2, 0.25) is 0 Å². The highest BCUT2D eigenvalue weighted by Gasteiger charge is 2.52. The van der Waals surface area contributed by atoms with Gasteiger partial charge in [0.1, 0.15) is 23.1 Å². The molecule has 210 valence electrons. The number of fused-ring (bicyclic) bond motifs is 2. The molecule has 0 saturated carbocycles. The molecule has 11 heteroatoms. The van der Waals surface area contributed by atoms with Crippen LogP contribution in [0, 0.1) is 12.7 Å². The number of likely N-dealkylation sites (N-methyl/N-ethyl adjacent to an activating group) is 2. The maximum Gasteiger partial charge on any atom is 0.305 e. The number of aliphatic hydroxyl groups is 1. The van der Waals surface area contributed by atoms with Crippen LogP contribution in [0.25, 0.3) is 10.9 Å². The molecule has 0 spiro atoms. The zero-order valence-corrected chi connectivity index (χ0v) is 23.4. The van der Waals surface area contributed by atoms with Gasteiger partial charge in [-0.2, -0.15) is 8.78 Å². The number of methoxy groups -OCH3 is 1. The number of aromatic nitrogens is 2. The molecule has 0 radical (unpaired) electrons. The van der Waals surface area contributed by atoms with Crippen molar-refractivity contribution in [2.75, 3.05) is 45.0 Å². The second-order valence-electron chi connectivity index (χ2n) is 10.8. The molecule has 8 nitrogen and oxygen atoms in total. The number of hydrogen-bond acceptors (Lipinski definition) is 7. The lowest BCUT2D eigenvalue weighted by molar-refractivity contribution is -0.186. The second-order valence-corrected chi connectivity index (χ2v) is 10.8. The molecule has 2 heterocycles. The van der Waals surface area contributed by atoms with Crippen LogP contribution in [-0.2, 0) is 21.1 Å². The van der Waals surface area contributed by atoms with Crippen LogP contribution in [0.3, 0.4) is 0 Å². The number of alkyl halides is 2. The zero-order chi connectivity index (χ0) is 29.1. The minimum absolute atomic E-state index is 0.0161. The van der Waals surface area contributed by atoms with E-state index in [1.54, 1.807) is 54.0 Å². The van der Waals surface area contributed by atoms with Gasteiger partial charge >= 0.3 is 5.92 Å². The quantitative estimate of drug-likeness (QED) is 0.431. The molecule has 0 aliphatic carbocycles. The zero-order valence-electron chi connectivity index (χ0n) is 23.4. The third-order valence-electron chi connectivity index (χ3n) is 7.41. The third kappa shape index (κ3) is 4.62. The average molecular weight is 546 g/mol. The summed E-state index contributed by atoms with van der Waals surface area (Å²) in [6, 6.07) is 6.50. The molecule has 3 atom stereocenters. The van der Waals surface area contributed by atoms with Crippen LogP contribution < -0.4 is 10.2 Å². The number of benzene rings is 2. The van der Waals surface area contributed by atoms with Gasteiger partial charge in [-0.3, -0.25) is 4.79 Å². The predicted octanol–water partition coefficient (Wildman–Crippen LogP) is 4.49. The Balaban J connectivity index is 1.76. The lowest BCUT2D eigenvalue weighted by Gasteiger charge is -2.35. The first kappa shape index (κ1) is 28.7. The molecular formula is C28H34F3N5O3. The minimum atomic E-state index is -3.86. The number of carbonyl (C=O) groups is 1. The molecule has 1 aliphatic rings. The molecule has 4 rings (SSSR count). The average Bonchev–Trinajstić information content (AvgIpc) is 3.03. The van der Waals surface area contributed by atoms with Crippen LogP contribution in [0.5, 0.6) is 0 Å². The van der Waals surface area contributed by atoms with Gasteiger partial charge in [0.2, 0.25) is 0 Å². The summed E-state index contributed by atoms with van der Waals surface area (Å²) in [7, 11) is 6.22. The number of hydrogen-bond donors (Lipinski definition) is 2. The third-order valence-corrected chi connectivity index (χ3v) is 7.41. The van der Waals surface area contributed by atoms with E-state index < -0.39 is 34.5 Å². The monoisotopic (exact) mass is 545 g/mol. The van der Waals surface area contributed by atoms with Gasteiger partial charge in [0, 0.05) is 37.2 Å². The van der Waals surface area contributed by atoms with Gasteiger partial charge in [0.15, 0.2) is 5.60 Å². The Morgan fingerprint density at radius 1 is 1.26 bits per heavy atom. The lowest BCUT2D eigenvalue weighted by atomic mass is 9.89. The maximum absolute atomic E-state index is 15.6. The van der Waals surface area contributed by atoms with Crippen LogP contribution in [0.15, 0.2) is 30.3 Å². The van der Waals surface area contributed by atoms with Crippen LogP contribution in [0.1, 0.15) is 49.3 Å². The standard InChI is InChI=1S/C28H34F3N5O3/c1-15(17-10-9-11-19(23(17)29)28(30,31)26(3,38)14-35(5)6)32-24-18-12-22-20(13-21(18)33-16(2)34-24)27(4,39-8)25(37)36(22)7/h9-13,15,38H,14H2,1-8H3,(H,32,33,34)/t15-,26-,27+/m1/s1. The molecular weight excluding hydrogens is 511 g/mol. The van der Waals surface area contributed by atoms with Crippen molar-refractivity contribution in [2.45, 2.75) is 50.9 Å². The number of nitrogens with one attached hydrogen (secondary N) is 1. The van der Waals surface area contributed by atoms with E-state index >= 15 is 13.2 Å². The van der Waals surface area contributed by atoms with E-state index in [9.17, 15) is 9.90 Å². The Kier molecular flexibility index (Phi) is 7.16. The number of nitrogens with zero attached hydrogens (tertiary/aromatic N) is 4. The van der Waals surface area contributed by atoms with E-state index in [4.69, 9.17) is 4.74 Å². The first-order valence-corrected chi connectivity index (χ1v) is 12.5. The summed E-state index contributed by atoms with van der Waals surface area (Å²) in [5.74, 6) is -4.42. The number of carbonyl (C=O) groups excluding carboxylic acids is 1. The normalized spacial score (nSPS) is 19.9. The van der Waals surface area contributed by atoms with Crippen molar-refractivity contribution < 1.29 is 27.8 Å². The molecule has 2 N–H and O–H groups in total. The molecule has 39 heavy (non-hydrogen) atoms. The summed E-state index contributed by atoms with van der Waals surface area (Å²) in [6.45, 7) is 5.65. The Morgan fingerprint density at radius 3 is 2.54 bits per heavy atom. The summed E-state index contributed by atoms with van der Waals surface area (Å²) in [5, 5.41) is 14.3. The van der Waals surface area contributed by atoms with Crippen molar-refractivity contribution in [3.05, 3.63) is 58.7 Å². The van der Waals surface area contributed by atoms with Crippen molar-refractivity contribution in [1.29, 1.82) is 0 Å². The van der Waals surface area contributed by atoms with E-state index in [1.165, 1.54) is 29.0 Å². The van der Waals surface area contributed by atoms with Crippen LogP contribution >= 0.6 is 0 Å². The number of amides is 1. The Labute approximate surface area is 225 Å². The van der Waals surface area contributed by atoms with Crippen molar-refractivity contribution in [3.63, 3.8) is 0 Å². The summed E-state index contributed by atoms with van der Waals surface area (Å²) in [5.41, 5.74) is -2.75. The Bertz CT molecular complexity index is 1450. The number of ether oxygens (including phenoxy) is 1. The van der Waals surface area contributed by atoms with Gasteiger partial charge in [0.25, 0.3) is 5.91 Å². The molecule has 1 amide bonds. The van der Waals surface area contributed by atoms with Crippen molar-refractivity contribution in [2.24, 2.45) is 0 Å². The van der Waals surface area contributed by atoms with Crippen LogP contribution in [0.4, 0.5) is 24.7 Å². The largest absolute Gasteiger partial charge is 0.382 e. The summed E-state index contributed by atoms with van der Waals surface area (Å²) < 4.78 is 52.0. The van der Waals surface area contributed by atoms with Crippen molar-refractivity contribution >= 4 is 28.3 Å². The van der Waals surface area contributed by atoms with E-state index in [2.05, 4.69) is 15.3 Å². The molecule has 1 aliphatic heterocycles. The van der Waals surface area contributed by atoms with E-state index in [1.807, 2.05) is 0 Å². The van der Waals surface area contributed by atoms with Crippen LogP contribution in [-0.4, -0.2) is 66.3 Å². The fraction of sp³-hybridized carbons (Fsp3) is 0.464. The molecule has 0 unspecified atom stereocenters. The van der Waals surface area contributed by atoms with Gasteiger partial charge in [-0.15, -0.1) is 0 Å². The topological polar surface area (TPSA) is 90.8 Å². The molecule has 0 saturated heterocycles. The number of rotatable bonds is 8. The molecule has 0 bridgehead atoms. The van der Waals surface area contributed by atoms with Gasteiger partial charge in [0.05, 0.1) is 22.8 Å². The van der Waals surface area contributed by atoms with Gasteiger partial charge < -0.3 is 25.0 Å². The van der Waals surface area contributed by atoms with E-state index in [0.29, 0.717) is 33.8 Å². The van der Waals surface area contributed by atoms with E-state index in [-0.39, 0.29) is 18.0 Å². The highest BCUT2D eigenvalue weighted by Crippen LogP contribution is 2.45. The van der Waals surface area contributed by atoms with Crippen molar-refractivity contribution in [1.82, 2.24) is 14.9 Å². The molecule has 0 fully saturated rings. The molecule has 1 aromatic heterocycles. The second kappa shape index (κ2) is 9.72. The van der Waals surface area contributed by atoms with Crippen molar-refractivity contribution in [3.8, 4) is 0 Å². The maximum atomic E-state index is 15.6. The molecule has 2 aromatic carbocycles. The first-order valence-electron chi connectivity index (χ1n) is 12.5. The molecule has 3 aromatic rings. The van der Waals surface area contributed by atoms with Gasteiger partial charge in [-0.25, -0.2) is 14.4 Å². The SMILES string of the molecule is CO[C@]1(C)C(=O)N(C)c2cc3c(N[C@H](C)c4cccc(C(F)(F)[C@](C)(O)CN(C)C)c4F)nc(C)nc3cc21. The first-order chi connectivity index (χ1) is 18.0. The Hall–Kier alpha value is -3.28. The predicted molar refractivity (Wildman–Crippen MR) is 144 cm³/mol. The lowest BCUT2D eigenvalue weighted by Crippen LogP contribution is -2.50. The number of anilines is 2. The minimum Gasteiger partial charge on any atom is -0.382 e. The Morgan fingerprint density at radius 2 is 1.92 bits per heavy atom. The smallest absolute Gasteiger partial charge is 0.305 e.